The number of carbonyl (C=O) groups is 1. The van der Waals surface area contributed by atoms with E-state index in [0.29, 0.717) is 6.92 Å². The molecule has 0 radical (unpaired) electrons. The smallest absolute Gasteiger partial charge is 0.293 e. The number of carbonyl (C=O) groups excluding carboxylic acids is 1. The van der Waals surface area contributed by atoms with Crippen LogP contribution in [0.3, 0.4) is 0 Å². The van der Waals surface area contributed by atoms with E-state index in [9.17, 15) is 22.4 Å². The molecule has 0 saturated carbocycles. The largest absolute Gasteiger partial charge is 0.310 e. The summed E-state index contributed by atoms with van der Waals surface area (Å²) in [6, 6.07) is 0. The molecule has 10 heavy (non-hydrogen) atoms. The predicted molar refractivity (Wildman–Crippen MR) is 26.2 cm³/mol. The molecular weight excluding hydrogens is 152 g/mol. The van der Waals surface area contributed by atoms with Crippen LogP contribution in [0.1, 0.15) is 13.3 Å². The SMILES string of the molecule is CC(=O)C(F)(F)CC(F)F. The molecule has 0 aliphatic heterocycles. The molecule has 0 amide bonds. The lowest BCUT2D eigenvalue weighted by molar-refractivity contribution is -0.146. The van der Waals surface area contributed by atoms with Gasteiger partial charge in [-0.25, -0.2) is 8.78 Å². The second kappa shape index (κ2) is 2.98. The number of halogens is 4. The summed E-state index contributed by atoms with van der Waals surface area (Å²) in [6.45, 7) is 0.586. The Bertz CT molecular complexity index is 132. The average molecular weight is 158 g/mol. The van der Waals surface area contributed by atoms with Gasteiger partial charge in [0.05, 0.1) is 6.42 Å². The molecule has 0 aliphatic carbocycles. The van der Waals surface area contributed by atoms with Crippen LogP contribution < -0.4 is 0 Å². The Morgan fingerprint density at radius 2 is 1.90 bits per heavy atom. The zero-order chi connectivity index (χ0) is 8.36. The van der Waals surface area contributed by atoms with Crippen LogP contribution in [0.25, 0.3) is 0 Å². The minimum absolute atomic E-state index is 0.586. The number of Topliss-reactive ketones (excluding diaryl/α,β-unsaturated/α-hetero) is 1. The normalized spacial score (nSPS) is 12.2. The number of alkyl halides is 4. The Kier molecular flexibility index (Phi) is 2.80. The molecule has 0 rings (SSSR count). The fraction of sp³-hybridized carbons (Fsp3) is 0.800. The van der Waals surface area contributed by atoms with Crippen LogP contribution in [0.5, 0.6) is 0 Å². The molecule has 0 heterocycles. The van der Waals surface area contributed by atoms with E-state index in [0.717, 1.165) is 0 Å². The molecule has 0 fully saturated rings. The molecule has 0 saturated heterocycles. The molecule has 5 heteroatoms. The van der Waals surface area contributed by atoms with Gasteiger partial charge in [0.25, 0.3) is 0 Å². The summed E-state index contributed by atoms with van der Waals surface area (Å²) in [4.78, 5) is 9.92. The average Bonchev–Trinajstić information content (AvgIpc) is 1.60. The summed E-state index contributed by atoms with van der Waals surface area (Å²) in [7, 11) is 0. The second-order valence-corrected chi connectivity index (χ2v) is 1.86. The molecular formula is C5H6F4O. The van der Waals surface area contributed by atoms with Crippen molar-refractivity contribution in [2.75, 3.05) is 0 Å². The molecule has 0 aliphatic rings. The molecule has 0 spiro atoms. The number of ketones is 1. The third-order valence-electron chi connectivity index (χ3n) is 0.926. The Labute approximate surface area is 55.0 Å². The van der Waals surface area contributed by atoms with Crippen molar-refractivity contribution < 1.29 is 22.4 Å². The molecule has 0 bridgehead atoms. The number of rotatable bonds is 3. The quantitative estimate of drug-likeness (QED) is 0.573. The van der Waals surface area contributed by atoms with E-state index in [-0.39, 0.29) is 0 Å². The van der Waals surface area contributed by atoms with Crippen molar-refractivity contribution in [3.8, 4) is 0 Å². The topological polar surface area (TPSA) is 17.1 Å². The molecule has 0 aromatic carbocycles. The lowest BCUT2D eigenvalue weighted by Crippen LogP contribution is -2.28. The Balaban J connectivity index is 4.00. The number of hydrogen-bond acceptors (Lipinski definition) is 1. The lowest BCUT2D eigenvalue weighted by atomic mass is 10.2. The standard InChI is InChI=1S/C5H6F4O/c1-3(10)5(8,9)2-4(6)7/h4H,2H2,1H3. The maximum Gasteiger partial charge on any atom is 0.310 e. The molecule has 0 atom stereocenters. The first-order valence-electron chi connectivity index (χ1n) is 2.53. The molecule has 60 valence electrons. The van der Waals surface area contributed by atoms with Crippen LogP contribution in [0.4, 0.5) is 17.6 Å². The Hall–Kier alpha value is -0.610. The van der Waals surface area contributed by atoms with Gasteiger partial charge in [0.15, 0.2) is 5.78 Å². The first kappa shape index (κ1) is 9.39. The molecule has 0 N–H and O–H groups in total. The van der Waals surface area contributed by atoms with Gasteiger partial charge in [0.2, 0.25) is 6.43 Å². The van der Waals surface area contributed by atoms with E-state index in [2.05, 4.69) is 0 Å². The van der Waals surface area contributed by atoms with Crippen molar-refractivity contribution >= 4 is 5.78 Å². The summed E-state index contributed by atoms with van der Waals surface area (Å²) >= 11 is 0. The third kappa shape index (κ3) is 2.80. The van der Waals surface area contributed by atoms with Crippen molar-refractivity contribution in [3.05, 3.63) is 0 Å². The van der Waals surface area contributed by atoms with E-state index in [1.807, 2.05) is 0 Å². The van der Waals surface area contributed by atoms with Gasteiger partial charge in [-0.05, 0) is 0 Å². The van der Waals surface area contributed by atoms with Gasteiger partial charge in [0, 0.05) is 6.92 Å². The monoisotopic (exact) mass is 158 g/mol. The van der Waals surface area contributed by atoms with Crippen LogP contribution in [0.2, 0.25) is 0 Å². The fourth-order valence-electron chi connectivity index (χ4n) is 0.338. The van der Waals surface area contributed by atoms with Crippen molar-refractivity contribution in [1.29, 1.82) is 0 Å². The zero-order valence-electron chi connectivity index (χ0n) is 5.20. The van der Waals surface area contributed by atoms with E-state index >= 15 is 0 Å². The summed E-state index contributed by atoms with van der Waals surface area (Å²) in [6.07, 6.45) is -4.82. The van der Waals surface area contributed by atoms with Crippen molar-refractivity contribution in [2.45, 2.75) is 25.7 Å². The predicted octanol–water partition coefficient (Wildman–Crippen LogP) is 1.87. The van der Waals surface area contributed by atoms with E-state index in [4.69, 9.17) is 0 Å². The summed E-state index contributed by atoms with van der Waals surface area (Å²) in [5, 5.41) is 0. The van der Waals surface area contributed by atoms with Crippen molar-refractivity contribution in [3.63, 3.8) is 0 Å². The second-order valence-electron chi connectivity index (χ2n) is 1.86. The van der Waals surface area contributed by atoms with E-state index < -0.39 is 24.6 Å². The molecule has 0 unspecified atom stereocenters. The van der Waals surface area contributed by atoms with E-state index in [1.165, 1.54) is 0 Å². The van der Waals surface area contributed by atoms with Crippen molar-refractivity contribution in [2.24, 2.45) is 0 Å². The third-order valence-corrected chi connectivity index (χ3v) is 0.926. The first-order chi connectivity index (χ1) is 4.36. The lowest BCUT2D eigenvalue weighted by Gasteiger charge is -2.10. The van der Waals surface area contributed by atoms with Gasteiger partial charge in [-0.2, -0.15) is 8.78 Å². The molecule has 1 nitrogen and oxygen atoms in total. The highest BCUT2D eigenvalue weighted by molar-refractivity contribution is 5.82. The van der Waals surface area contributed by atoms with Crippen LogP contribution >= 0.6 is 0 Å². The van der Waals surface area contributed by atoms with Crippen LogP contribution in [-0.2, 0) is 4.79 Å². The summed E-state index contributed by atoms with van der Waals surface area (Å²) in [5.74, 6) is -5.39. The van der Waals surface area contributed by atoms with E-state index in [1.54, 1.807) is 0 Å². The van der Waals surface area contributed by atoms with Crippen molar-refractivity contribution in [1.82, 2.24) is 0 Å². The minimum Gasteiger partial charge on any atom is -0.293 e. The maximum absolute atomic E-state index is 12.0. The molecule has 0 aromatic heterocycles. The molecule has 0 aromatic rings. The van der Waals surface area contributed by atoms with Gasteiger partial charge >= 0.3 is 5.92 Å². The van der Waals surface area contributed by atoms with Crippen LogP contribution in [-0.4, -0.2) is 18.1 Å². The van der Waals surface area contributed by atoms with Gasteiger partial charge in [-0.15, -0.1) is 0 Å². The van der Waals surface area contributed by atoms with Crippen LogP contribution in [0.15, 0.2) is 0 Å². The summed E-state index contributed by atoms with van der Waals surface area (Å²) < 4.78 is 46.5. The summed E-state index contributed by atoms with van der Waals surface area (Å²) in [5.41, 5.74) is 0. The maximum atomic E-state index is 12.0. The fourth-order valence-corrected chi connectivity index (χ4v) is 0.338. The number of hydrogen-bond donors (Lipinski definition) is 0. The first-order valence-corrected chi connectivity index (χ1v) is 2.53. The Morgan fingerprint density at radius 1 is 1.50 bits per heavy atom. The van der Waals surface area contributed by atoms with Gasteiger partial charge in [-0.1, -0.05) is 0 Å². The van der Waals surface area contributed by atoms with Crippen LogP contribution in [0, 0.1) is 0 Å². The van der Waals surface area contributed by atoms with Gasteiger partial charge in [-0.3, -0.25) is 4.79 Å². The highest BCUT2D eigenvalue weighted by atomic mass is 19.3. The highest BCUT2D eigenvalue weighted by Crippen LogP contribution is 2.23. The highest BCUT2D eigenvalue weighted by Gasteiger charge is 2.38. The van der Waals surface area contributed by atoms with Gasteiger partial charge < -0.3 is 0 Å². The Morgan fingerprint density at radius 3 is 2.00 bits per heavy atom. The van der Waals surface area contributed by atoms with Gasteiger partial charge in [0.1, 0.15) is 0 Å². The minimum atomic E-state index is -3.87. The zero-order valence-corrected chi connectivity index (χ0v) is 5.20.